The van der Waals surface area contributed by atoms with Crippen LogP contribution in [0.4, 0.5) is 5.69 Å². The molecule has 0 bridgehead atoms. The number of hydrogen-bond donors (Lipinski definition) is 1. The van der Waals surface area contributed by atoms with Crippen LogP contribution in [-0.4, -0.2) is 12.1 Å². The summed E-state index contributed by atoms with van der Waals surface area (Å²) >= 11 is 3.50. The second-order valence-corrected chi connectivity index (χ2v) is 5.12. The first kappa shape index (κ1) is 12.2. The number of anilines is 1. The van der Waals surface area contributed by atoms with E-state index in [-0.39, 0.29) is 0 Å². The number of rotatable bonds is 2. The molecule has 2 rings (SSSR count). The Bertz CT molecular complexity index is 567. The number of nitrogens with two attached hydrogens (primary N) is 1. The van der Waals surface area contributed by atoms with Gasteiger partial charge < -0.3 is 10.5 Å². The van der Waals surface area contributed by atoms with Crippen molar-refractivity contribution in [3.63, 3.8) is 0 Å². The molecule has 90 valence electrons. The van der Waals surface area contributed by atoms with Crippen molar-refractivity contribution in [2.24, 2.45) is 0 Å². The SMILES string of the molecule is COc1ccc(Br)c2nc(C(C)C)cc(N)c12. The lowest BCUT2D eigenvalue weighted by molar-refractivity contribution is 0.420. The van der Waals surface area contributed by atoms with Crippen molar-refractivity contribution >= 4 is 32.5 Å². The number of nitrogens with zero attached hydrogens (tertiary/aromatic N) is 1. The number of ether oxygens (including phenoxy) is 1. The van der Waals surface area contributed by atoms with Gasteiger partial charge in [0, 0.05) is 15.9 Å². The average molecular weight is 295 g/mol. The molecule has 2 aromatic rings. The zero-order valence-corrected chi connectivity index (χ0v) is 11.7. The zero-order chi connectivity index (χ0) is 12.6. The molecular weight excluding hydrogens is 280 g/mol. The van der Waals surface area contributed by atoms with E-state index in [1.165, 1.54) is 0 Å². The van der Waals surface area contributed by atoms with Crippen molar-refractivity contribution in [3.05, 3.63) is 28.4 Å². The molecule has 0 unspecified atom stereocenters. The summed E-state index contributed by atoms with van der Waals surface area (Å²) in [5.41, 5.74) is 8.65. The van der Waals surface area contributed by atoms with Crippen molar-refractivity contribution in [3.8, 4) is 5.75 Å². The van der Waals surface area contributed by atoms with E-state index < -0.39 is 0 Å². The predicted molar refractivity (Wildman–Crippen MR) is 74.5 cm³/mol. The molecule has 17 heavy (non-hydrogen) atoms. The number of hydrogen-bond acceptors (Lipinski definition) is 3. The van der Waals surface area contributed by atoms with Crippen molar-refractivity contribution in [2.45, 2.75) is 19.8 Å². The summed E-state index contributed by atoms with van der Waals surface area (Å²) in [5.74, 6) is 1.10. The lowest BCUT2D eigenvalue weighted by Crippen LogP contribution is -1.99. The highest BCUT2D eigenvalue weighted by Gasteiger charge is 2.12. The number of halogens is 1. The maximum atomic E-state index is 6.10. The molecule has 0 amide bonds. The van der Waals surface area contributed by atoms with Crippen LogP contribution in [-0.2, 0) is 0 Å². The van der Waals surface area contributed by atoms with Crippen LogP contribution in [0.5, 0.6) is 5.75 Å². The molecule has 0 aliphatic rings. The van der Waals surface area contributed by atoms with Gasteiger partial charge in [-0.1, -0.05) is 13.8 Å². The van der Waals surface area contributed by atoms with E-state index in [0.717, 1.165) is 26.8 Å². The monoisotopic (exact) mass is 294 g/mol. The van der Waals surface area contributed by atoms with Crippen molar-refractivity contribution in [1.82, 2.24) is 4.98 Å². The Kier molecular flexibility index (Phi) is 3.24. The maximum absolute atomic E-state index is 6.10. The van der Waals surface area contributed by atoms with Gasteiger partial charge in [-0.3, -0.25) is 4.98 Å². The Morgan fingerprint density at radius 3 is 2.65 bits per heavy atom. The van der Waals surface area contributed by atoms with Crippen LogP contribution >= 0.6 is 15.9 Å². The standard InChI is InChI=1S/C13H15BrN2O/c1-7(2)10-6-9(15)12-11(17-3)5-4-8(14)13(12)16-10/h4-7H,1-3H3,(H2,15,16). The van der Waals surface area contributed by atoms with E-state index in [2.05, 4.69) is 34.8 Å². The van der Waals surface area contributed by atoms with E-state index >= 15 is 0 Å². The molecule has 0 atom stereocenters. The maximum Gasteiger partial charge on any atom is 0.130 e. The number of aromatic nitrogens is 1. The Morgan fingerprint density at radius 2 is 2.06 bits per heavy atom. The van der Waals surface area contributed by atoms with Gasteiger partial charge in [-0.25, -0.2) is 0 Å². The van der Waals surface area contributed by atoms with E-state index in [1.807, 2.05) is 18.2 Å². The van der Waals surface area contributed by atoms with Crippen LogP contribution < -0.4 is 10.5 Å². The molecule has 0 radical (unpaired) electrons. The average Bonchev–Trinajstić information content (AvgIpc) is 2.30. The van der Waals surface area contributed by atoms with Gasteiger partial charge in [0.2, 0.25) is 0 Å². The molecule has 0 spiro atoms. The van der Waals surface area contributed by atoms with Gasteiger partial charge in [0.05, 0.1) is 18.0 Å². The number of pyridine rings is 1. The second-order valence-electron chi connectivity index (χ2n) is 4.26. The van der Waals surface area contributed by atoms with Gasteiger partial charge >= 0.3 is 0 Å². The zero-order valence-electron chi connectivity index (χ0n) is 10.1. The fourth-order valence-electron chi connectivity index (χ4n) is 1.79. The first-order valence-electron chi connectivity index (χ1n) is 5.47. The van der Waals surface area contributed by atoms with Crippen molar-refractivity contribution < 1.29 is 4.74 Å². The summed E-state index contributed by atoms with van der Waals surface area (Å²) in [6, 6.07) is 5.74. The molecule has 1 aromatic carbocycles. The minimum atomic E-state index is 0.347. The van der Waals surface area contributed by atoms with Crippen molar-refractivity contribution in [1.29, 1.82) is 0 Å². The largest absolute Gasteiger partial charge is 0.496 e. The van der Waals surface area contributed by atoms with Crippen molar-refractivity contribution in [2.75, 3.05) is 12.8 Å². The molecule has 0 saturated heterocycles. The topological polar surface area (TPSA) is 48.1 Å². The highest BCUT2D eigenvalue weighted by Crippen LogP contribution is 2.35. The molecule has 2 N–H and O–H groups in total. The van der Waals surface area contributed by atoms with Gasteiger partial charge in [0.25, 0.3) is 0 Å². The van der Waals surface area contributed by atoms with E-state index in [0.29, 0.717) is 11.6 Å². The minimum Gasteiger partial charge on any atom is -0.496 e. The van der Waals surface area contributed by atoms with Crippen LogP contribution in [0.1, 0.15) is 25.5 Å². The summed E-state index contributed by atoms with van der Waals surface area (Å²) < 4.78 is 6.26. The summed E-state index contributed by atoms with van der Waals surface area (Å²) in [4.78, 5) is 4.64. The Morgan fingerprint density at radius 1 is 1.35 bits per heavy atom. The Labute approximate surface area is 109 Å². The summed E-state index contributed by atoms with van der Waals surface area (Å²) in [5, 5.41) is 0.867. The first-order valence-corrected chi connectivity index (χ1v) is 6.26. The van der Waals surface area contributed by atoms with Gasteiger partial charge in [0.15, 0.2) is 0 Å². The normalized spacial score (nSPS) is 11.1. The highest BCUT2D eigenvalue weighted by molar-refractivity contribution is 9.10. The first-order chi connectivity index (χ1) is 8.04. The second kappa shape index (κ2) is 4.53. The molecule has 0 aliphatic heterocycles. The molecule has 1 heterocycles. The van der Waals surface area contributed by atoms with Crippen LogP contribution in [0, 0.1) is 0 Å². The van der Waals surface area contributed by atoms with Gasteiger partial charge in [-0.15, -0.1) is 0 Å². The van der Waals surface area contributed by atoms with Gasteiger partial charge in [-0.05, 0) is 40.0 Å². The molecule has 0 aliphatic carbocycles. The lowest BCUT2D eigenvalue weighted by atomic mass is 10.1. The summed E-state index contributed by atoms with van der Waals surface area (Å²) in [6.07, 6.45) is 0. The van der Waals surface area contributed by atoms with E-state index in [4.69, 9.17) is 10.5 Å². The smallest absolute Gasteiger partial charge is 0.130 e. The molecule has 0 saturated carbocycles. The van der Waals surface area contributed by atoms with E-state index in [9.17, 15) is 0 Å². The Balaban J connectivity index is 2.84. The van der Waals surface area contributed by atoms with E-state index in [1.54, 1.807) is 7.11 Å². The fraction of sp³-hybridized carbons (Fsp3) is 0.308. The predicted octanol–water partition coefficient (Wildman–Crippen LogP) is 3.71. The summed E-state index contributed by atoms with van der Waals surface area (Å²) in [6.45, 7) is 4.20. The minimum absolute atomic E-state index is 0.347. The van der Waals surface area contributed by atoms with Gasteiger partial charge in [0.1, 0.15) is 5.75 Å². The molecular formula is C13H15BrN2O. The highest BCUT2D eigenvalue weighted by atomic mass is 79.9. The third-order valence-electron chi connectivity index (χ3n) is 2.73. The molecule has 0 fully saturated rings. The third-order valence-corrected chi connectivity index (χ3v) is 3.37. The van der Waals surface area contributed by atoms with Crippen LogP contribution in [0.25, 0.3) is 10.9 Å². The number of nitrogen functional groups attached to an aromatic ring is 1. The van der Waals surface area contributed by atoms with Gasteiger partial charge in [-0.2, -0.15) is 0 Å². The van der Waals surface area contributed by atoms with Crippen LogP contribution in [0.15, 0.2) is 22.7 Å². The number of benzene rings is 1. The Hall–Kier alpha value is -1.29. The molecule has 3 nitrogen and oxygen atoms in total. The number of methoxy groups -OCH3 is 1. The fourth-order valence-corrected chi connectivity index (χ4v) is 2.21. The lowest BCUT2D eigenvalue weighted by Gasteiger charge is -2.12. The quantitative estimate of drug-likeness (QED) is 0.918. The number of fused-ring (bicyclic) bond motifs is 1. The third kappa shape index (κ3) is 2.09. The molecule has 1 aromatic heterocycles. The van der Waals surface area contributed by atoms with Crippen LogP contribution in [0.2, 0.25) is 0 Å². The summed E-state index contributed by atoms with van der Waals surface area (Å²) in [7, 11) is 1.64. The molecule has 4 heteroatoms. The van der Waals surface area contributed by atoms with Crippen LogP contribution in [0.3, 0.4) is 0 Å².